The number of aryl methyl sites for hydroxylation is 1. The molecule has 1 aliphatic carbocycles. The number of nitrogens with one attached hydrogen (secondary N) is 1. The third kappa shape index (κ3) is 3.40. The molecule has 0 radical (unpaired) electrons. The number of carbonyl (C=O) groups excluding carboxylic acids is 1. The second-order valence-corrected chi connectivity index (χ2v) is 9.11. The predicted octanol–water partition coefficient (Wildman–Crippen LogP) is 2.89. The van der Waals surface area contributed by atoms with Gasteiger partial charge in [-0.1, -0.05) is 6.92 Å². The van der Waals surface area contributed by atoms with Crippen molar-refractivity contribution in [2.75, 3.05) is 19.5 Å². The van der Waals surface area contributed by atoms with E-state index in [-0.39, 0.29) is 18.1 Å². The average Bonchev–Trinajstić information content (AvgIpc) is 3.30. The molecular formula is C22H23N5O4S. The Morgan fingerprint density at radius 2 is 2.09 bits per heavy atom. The molecule has 0 bridgehead atoms. The van der Waals surface area contributed by atoms with Gasteiger partial charge in [-0.3, -0.25) is 4.79 Å². The molecule has 1 atom stereocenters. The van der Waals surface area contributed by atoms with Crippen molar-refractivity contribution in [1.82, 2.24) is 19.2 Å². The van der Waals surface area contributed by atoms with E-state index in [0.717, 1.165) is 29.5 Å². The Bertz CT molecular complexity index is 1400. The van der Waals surface area contributed by atoms with E-state index in [9.17, 15) is 9.59 Å². The molecule has 1 aliphatic rings. The van der Waals surface area contributed by atoms with Crippen LogP contribution in [0.4, 0.5) is 5.69 Å². The van der Waals surface area contributed by atoms with Crippen molar-refractivity contribution in [3.8, 4) is 11.5 Å². The molecule has 10 heteroatoms. The van der Waals surface area contributed by atoms with E-state index in [0.29, 0.717) is 28.8 Å². The van der Waals surface area contributed by atoms with E-state index in [1.54, 1.807) is 36.6 Å². The number of methoxy groups -OCH3 is 2. The maximum Gasteiger partial charge on any atom is 0.352 e. The third-order valence-electron chi connectivity index (χ3n) is 5.84. The highest BCUT2D eigenvalue weighted by molar-refractivity contribution is 7.19. The Balaban J connectivity index is 1.46. The molecule has 32 heavy (non-hydrogen) atoms. The highest BCUT2D eigenvalue weighted by atomic mass is 32.1. The second kappa shape index (κ2) is 7.94. The van der Waals surface area contributed by atoms with Crippen LogP contribution in [0.1, 0.15) is 23.8 Å². The summed E-state index contributed by atoms with van der Waals surface area (Å²) in [4.78, 5) is 32.3. The van der Waals surface area contributed by atoms with Crippen LogP contribution in [0.3, 0.4) is 0 Å². The van der Waals surface area contributed by atoms with Crippen LogP contribution in [0, 0.1) is 5.92 Å². The topological polar surface area (TPSA) is 99.7 Å². The third-order valence-corrected chi connectivity index (χ3v) is 7.00. The van der Waals surface area contributed by atoms with Gasteiger partial charge in [0.2, 0.25) is 5.91 Å². The van der Waals surface area contributed by atoms with Gasteiger partial charge in [-0.15, -0.1) is 16.4 Å². The lowest BCUT2D eigenvalue weighted by molar-refractivity contribution is -0.117. The molecule has 1 aromatic carbocycles. The van der Waals surface area contributed by atoms with Gasteiger partial charge in [0.1, 0.15) is 17.7 Å². The fourth-order valence-electron chi connectivity index (χ4n) is 4.22. The van der Waals surface area contributed by atoms with Crippen LogP contribution in [0.25, 0.3) is 15.9 Å². The smallest absolute Gasteiger partial charge is 0.352 e. The number of benzene rings is 1. The number of carbonyl (C=O) groups is 1. The molecule has 0 aliphatic heterocycles. The monoisotopic (exact) mass is 453 g/mol. The first kappa shape index (κ1) is 20.5. The fourth-order valence-corrected chi connectivity index (χ4v) is 5.56. The summed E-state index contributed by atoms with van der Waals surface area (Å²) in [5.41, 5.74) is 1.95. The number of thiophene rings is 1. The van der Waals surface area contributed by atoms with Gasteiger partial charge in [0.25, 0.3) is 0 Å². The Hall–Kier alpha value is -3.40. The molecule has 3 aromatic heterocycles. The van der Waals surface area contributed by atoms with Crippen molar-refractivity contribution < 1.29 is 14.3 Å². The highest BCUT2D eigenvalue weighted by Gasteiger charge is 2.24. The van der Waals surface area contributed by atoms with E-state index >= 15 is 0 Å². The van der Waals surface area contributed by atoms with Crippen LogP contribution in [0.2, 0.25) is 0 Å². The first-order valence-electron chi connectivity index (χ1n) is 10.4. The molecule has 1 amide bonds. The van der Waals surface area contributed by atoms with Crippen molar-refractivity contribution in [2.24, 2.45) is 5.92 Å². The summed E-state index contributed by atoms with van der Waals surface area (Å²) in [6, 6.07) is 5.07. The second-order valence-electron chi connectivity index (χ2n) is 8.03. The molecule has 0 unspecified atom stereocenters. The van der Waals surface area contributed by atoms with Gasteiger partial charge in [0.15, 0.2) is 17.1 Å². The first-order valence-corrected chi connectivity index (χ1v) is 11.2. The normalized spacial score (nSPS) is 15.7. The molecule has 5 rings (SSSR count). The molecule has 3 heterocycles. The zero-order chi connectivity index (χ0) is 22.4. The minimum Gasteiger partial charge on any atom is -0.493 e. The summed E-state index contributed by atoms with van der Waals surface area (Å²) in [6.07, 6.45) is 4.60. The number of anilines is 1. The number of amides is 1. The summed E-state index contributed by atoms with van der Waals surface area (Å²) in [5.74, 6) is 1.34. The summed E-state index contributed by atoms with van der Waals surface area (Å²) < 4.78 is 13.1. The van der Waals surface area contributed by atoms with Gasteiger partial charge in [0, 0.05) is 16.6 Å². The number of rotatable bonds is 5. The van der Waals surface area contributed by atoms with Crippen LogP contribution in [-0.4, -0.2) is 39.3 Å². The lowest BCUT2D eigenvalue weighted by Crippen LogP contribution is -2.28. The van der Waals surface area contributed by atoms with E-state index in [1.165, 1.54) is 33.0 Å². The Labute approximate surface area is 187 Å². The van der Waals surface area contributed by atoms with Crippen molar-refractivity contribution >= 4 is 38.8 Å². The Morgan fingerprint density at radius 1 is 1.28 bits per heavy atom. The number of aromatic nitrogens is 4. The van der Waals surface area contributed by atoms with Gasteiger partial charge in [-0.2, -0.15) is 0 Å². The van der Waals surface area contributed by atoms with Gasteiger partial charge < -0.3 is 14.8 Å². The number of ether oxygens (including phenoxy) is 2. The van der Waals surface area contributed by atoms with Crippen molar-refractivity contribution in [1.29, 1.82) is 0 Å². The SMILES string of the molecule is COc1ccc(NC(=O)Cn2nc3c4c5c(sc4ncn3c2=O)C[C@H](C)CC5)cc1OC. The summed E-state index contributed by atoms with van der Waals surface area (Å²) in [6.45, 7) is 2.05. The van der Waals surface area contributed by atoms with Gasteiger partial charge >= 0.3 is 5.69 Å². The molecule has 9 nitrogen and oxygen atoms in total. The summed E-state index contributed by atoms with van der Waals surface area (Å²) >= 11 is 1.68. The quantitative estimate of drug-likeness (QED) is 0.499. The van der Waals surface area contributed by atoms with Crippen LogP contribution >= 0.6 is 11.3 Å². The maximum absolute atomic E-state index is 12.9. The van der Waals surface area contributed by atoms with Crippen LogP contribution in [0.5, 0.6) is 11.5 Å². The van der Waals surface area contributed by atoms with E-state index in [2.05, 4.69) is 22.3 Å². The fraction of sp³-hybridized carbons (Fsp3) is 0.364. The number of hydrogen-bond acceptors (Lipinski definition) is 7. The molecule has 0 saturated heterocycles. The molecule has 0 saturated carbocycles. The largest absolute Gasteiger partial charge is 0.493 e. The minimum atomic E-state index is -0.388. The lowest BCUT2D eigenvalue weighted by Gasteiger charge is -2.17. The van der Waals surface area contributed by atoms with Crippen LogP contribution in [0.15, 0.2) is 29.3 Å². The van der Waals surface area contributed by atoms with Gasteiger partial charge in [-0.25, -0.2) is 18.9 Å². The standard InChI is InChI=1S/C22H23N5O4S/c1-12-4-6-14-17(8-12)32-21-19(14)20-25-27(22(29)26(20)11-23-21)10-18(28)24-13-5-7-15(30-2)16(9-13)31-3/h5,7,9,11-12H,4,6,8,10H2,1-3H3,(H,24,28)/t12-/m1/s1. The zero-order valence-electron chi connectivity index (χ0n) is 18.0. The molecule has 1 N–H and O–H groups in total. The number of nitrogens with zero attached hydrogens (tertiary/aromatic N) is 4. The summed E-state index contributed by atoms with van der Waals surface area (Å²) in [7, 11) is 3.07. The van der Waals surface area contributed by atoms with Crippen LogP contribution < -0.4 is 20.5 Å². The molecule has 4 aromatic rings. The molecule has 0 fully saturated rings. The highest BCUT2D eigenvalue weighted by Crippen LogP contribution is 2.38. The Morgan fingerprint density at radius 3 is 2.88 bits per heavy atom. The van der Waals surface area contributed by atoms with Crippen molar-refractivity contribution in [3.63, 3.8) is 0 Å². The summed E-state index contributed by atoms with van der Waals surface area (Å²) in [5, 5.41) is 8.23. The average molecular weight is 454 g/mol. The number of hydrogen-bond donors (Lipinski definition) is 1. The van der Waals surface area contributed by atoms with Gasteiger partial charge in [0.05, 0.1) is 19.6 Å². The van der Waals surface area contributed by atoms with E-state index < -0.39 is 0 Å². The minimum absolute atomic E-state index is 0.209. The predicted molar refractivity (Wildman–Crippen MR) is 122 cm³/mol. The molecular weight excluding hydrogens is 430 g/mol. The molecule has 166 valence electrons. The number of fused-ring (bicyclic) bond motifs is 5. The lowest BCUT2D eigenvalue weighted by atomic mass is 9.89. The first-order chi connectivity index (χ1) is 15.5. The Kier molecular flexibility index (Phi) is 5.09. The van der Waals surface area contributed by atoms with E-state index in [1.807, 2.05) is 0 Å². The van der Waals surface area contributed by atoms with Crippen molar-refractivity contribution in [3.05, 3.63) is 45.5 Å². The molecule has 0 spiro atoms. The van der Waals surface area contributed by atoms with Gasteiger partial charge in [-0.05, 0) is 42.9 Å². The maximum atomic E-state index is 12.9. The zero-order valence-corrected chi connectivity index (χ0v) is 18.9. The van der Waals surface area contributed by atoms with Crippen LogP contribution in [-0.2, 0) is 24.2 Å². The van der Waals surface area contributed by atoms with E-state index in [4.69, 9.17) is 9.47 Å². The van der Waals surface area contributed by atoms with Crippen molar-refractivity contribution in [2.45, 2.75) is 32.7 Å².